The summed E-state index contributed by atoms with van der Waals surface area (Å²) in [7, 11) is 0. The molecule has 0 fully saturated rings. The molecule has 0 aliphatic rings. The van der Waals surface area contributed by atoms with Crippen molar-refractivity contribution in [2.45, 2.75) is 52.4 Å². The molecule has 1 heteroatoms. The van der Waals surface area contributed by atoms with Crippen molar-refractivity contribution in [1.29, 1.82) is 0 Å². The minimum atomic E-state index is 1.05. The van der Waals surface area contributed by atoms with Crippen LogP contribution in [0.4, 0.5) is 0 Å². The Bertz CT molecular complexity index is 399. The monoisotopic (exact) mass is 340 g/mol. The Balaban J connectivity index is 2.99. The lowest BCUT2D eigenvalue weighted by Crippen LogP contribution is -1.98. The first-order chi connectivity index (χ1) is 8.22. The first kappa shape index (κ1) is 14.6. The van der Waals surface area contributed by atoms with Gasteiger partial charge < -0.3 is 0 Å². The van der Waals surface area contributed by atoms with Crippen LogP contribution in [0.2, 0.25) is 0 Å². The summed E-state index contributed by atoms with van der Waals surface area (Å²) in [4.78, 5) is 0. The summed E-state index contributed by atoms with van der Waals surface area (Å²) in [6, 6.07) is 4.51. The van der Waals surface area contributed by atoms with E-state index in [0.29, 0.717) is 0 Å². The third kappa shape index (κ3) is 4.35. The van der Waals surface area contributed by atoms with Crippen molar-refractivity contribution in [2.24, 2.45) is 0 Å². The summed E-state index contributed by atoms with van der Waals surface area (Å²) in [5, 5.41) is 0. The number of rotatable bonds is 6. The average molecular weight is 340 g/mol. The van der Waals surface area contributed by atoms with Crippen LogP contribution in [-0.2, 0) is 12.8 Å². The number of terminal acetylenes is 1. The molecule has 0 heterocycles. The fourth-order valence-corrected chi connectivity index (χ4v) is 2.66. The zero-order valence-electron chi connectivity index (χ0n) is 10.9. The molecule has 0 spiro atoms. The standard InChI is InChI=1S/C16H21I/c1-4-7-9-14-11-13(6-3)16(17)12-15(14)10-8-5-2/h3,11-12H,4-5,7-10H2,1-2H3. The Kier molecular flexibility index (Phi) is 6.65. The molecule has 0 amide bonds. The van der Waals surface area contributed by atoms with Crippen LogP contribution in [0, 0.1) is 15.9 Å². The molecular weight excluding hydrogens is 319 g/mol. The molecule has 0 atom stereocenters. The van der Waals surface area contributed by atoms with E-state index in [-0.39, 0.29) is 0 Å². The predicted octanol–water partition coefficient (Wildman–Crippen LogP) is 4.96. The average Bonchev–Trinajstić information content (AvgIpc) is 2.34. The van der Waals surface area contributed by atoms with E-state index in [9.17, 15) is 0 Å². The molecule has 1 aromatic carbocycles. The van der Waals surface area contributed by atoms with Gasteiger partial charge in [-0.05, 0) is 71.5 Å². The van der Waals surface area contributed by atoms with Crippen molar-refractivity contribution in [3.05, 3.63) is 32.4 Å². The zero-order valence-corrected chi connectivity index (χ0v) is 13.0. The van der Waals surface area contributed by atoms with E-state index in [1.807, 2.05) is 0 Å². The van der Waals surface area contributed by atoms with Crippen LogP contribution in [0.1, 0.15) is 56.2 Å². The van der Waals surface area contributed by atoms with Crippen LogP contribution in [-0.4, -0.2) is 0 Å². The molecule has 0 aromatic heterocycles. The van der Waals surface area contributed by atoms with Gasteiger partial charge in [-0.15, -0.1) is 6.42 Å². The molecule has 0 bridgehead atoms. The third-order valence-electron chi connectivity index (χ3n) is 3.04. The number of benzene rings is 1. The van der Waals surface area contributed by atoms with Gasteiger partial charge in [0.15, 0.2) is 0 Å². The van der Waals surface area contributed by atoms with Crippen LogP contribution in [0.25, 0.3) is 0 Å². The van der Waals surface area contributed by atoms with Gasteiger partial charge in [-0.3, -0.25) is 0 Å². The fraction of sp³-hybridized carbons (Fsp3) is 0.500. The van der Waals surface area contributed by atoms with Gasteiger partial charge in [0, 0.05) is 9.13 Å². The van der Waals surface area contributed by atoms with Crippen molar-refractivity contribution < 1.29 is 0 Å². The number of unbranched alkanes of at least 4 members (excludes halogenated alkanes) is 2. The summed E-state index contributed by atoms with van der Waals surface area (Å²) in [6.45, 7) is 4.48. The smallest absolute Gasteiger partial charge is 0.0379 e. The van der Waals surface area contributed by atoms with Gasteiger partial charge in [-0.25, -0.2) is 0 Å². The second-order valence-electron chi connectivity index (χ2n) is 4.45. The lowest BCUT2D eigenvalue weighted by atomic mass is 9.96. The molecule has 0 radical (unpaired) electrons. The second kappa shape index (κ2) is 7.76. The Morgan fingerprint density at radius 2 is 1.59 bits per heavy atom. The second-order valence-corrected chi connectivity index (χ2v) is 5.61. The summed E-state index contributed by atoms with van der Waals surface area (Å²) < 4.78 is 1.22. The molecule has 0 aliphatic carbocycles. The topological polar surface area (TPSA) is 0 Å². The summed E-state index contributed by atoms with van der Waals surface area (Å²) in [5.41, 5.74) is 4.02. The van der Waals surface area contributed by atoms with Crippen molar-refractivity contribution in [1.82, 2.24) is 0 Å². The molecule has 0 N–H and O–H groups in total. The molecule has 0 saturated carbocycles. The Labute approximate surface area is 119 Å². The van der Waals surface area contributed by atoms with Crippen molar-refractivity contribution in [2.75, 3.05) is 0 Å². The van der Waals surface area contributed by atoms with Gasteiger partial charge in [0.25, 0.3) is 0 Å². The molecule has 17 heavy (non-hydrogen) atoms. The van der Waals surface area contributed by atoms with Crippen LogP contribution in [0.5, 0.6) is 0 Å². The summed E-state index contributed by atoms with van der Waals surface area (Å²) >= 11 is 2.35. The number of hydrogen-bond acceptors (Lipinski definition) is 0. The van der Waals surface area contributed by atoms with Gasteiger partial charge in [0.2, 0.25) is 0 Å². The normalized spacial score (nSPS) is 10.2. The molecule has 1 aromatic rings. The van der Waals surface area contributed by atoms with Crippen molar-refractivity contribution in [3.8, 4) is 12.3 Å². The lowest BCUT2D eigenvalue weighted by molar-refractivity contribution is 0.757. The summed E-state index contributed by atoms with van der Waals surface area (Å²) in [6.07, 6.45) is 12.9. The van der Waals surface area contributed by atoms with Gasteiger partial charge in [0.1, 0.15) is 0 Å². The Hall–Kier alpha value is -0.490. The highest BCUT2D eigenvalue weighted by Crippen LogP contribution is 2.22. The highest BCUT2D eigenvalue weighted by molar-refractivity contribution is 14.1. The van der Waals surface area contributed by atoms with E-state index < -0.39 is 0 Å². The quantitative estimate of drug-likeness (QED) is 0.507. The maximum Gasteiger partial charge on any atom is 0.0379 e. The molecular formula is C16H21I. The van der Waals surface area contributed by atoms with Gasteiger partial charge >= 0.3 is 0 Å². The molecule has 0 saturated heterocycles. The van der Waals surface area contributed by atoms with E-state index in [4.69, 9.17) is 6.42 Å². The first-order valence-corrected chi connectivity index (χ1v) is 7.58. The Morgan fingerprint density at radius 3 is 2.06 bits per heavy atom. The molecule has 1 rings (SSSR count). The highest BCUT2D eigenvalue weighted by atomic mass is 127. The van der Waals surface area contributed by atoms with E-state index in [0.717, 1.165) is 5.56 Å². The zero-order chi connectivity index (χ0) is 12.7. The maximum absolute atomic E-state index is 5.54. The van der Waals surface area contributed by atoms with Crippen molar-refractivity contribution in [3.63, 3.8) is 0 Å². The van der Waals surface area contributed by atoms with E-state index in [2.05, 4.69) is 54.5 Å². The van der Waals surface area contributed by atoms with Gasteiger partial charge in [0.05, 0.1) is 0 Å². The predicted molar refractivity (Wildman–Crippen MR) is 84.3 cm³/mol. The minimum Gasteiger partial charge on any atom is -0.115 e. The van der Waals surface area contributed by atoms with Crippen LogP contribution in [0.15, 0.2) is 12.1 Å². The molecule has 0 nitrogen and oxygen atoms in total. The van der Waals surface area contributed by atoms with Crippen molar-refractivity contribution >= 4 is 22.6 Å². The van der Waals surface area contributed by atoms with Crippen LogP contribution >= 0.6 is 22.6 Å². The lowest BCUT2D eigenvalue weighted by Gasteiger charge is -2.11. The van der Waals surface area contributed by atoms with Crippen LogP contribution in [0.3, 0.4) is 0 Å². The SMILES string of the molecule is C#Cc1cc(CCCC)c(CCCC)cc1I. The molecule has 0 unspecified atom stereocenters. The number of halogens is 1. The molecule has 92 valence electrons. The third-order valence-corrected chi connectivity index (χ3v) is 3.94. The highest BCUT2D eigenvalue weighted by Gasteiger charge is 2.06. The summed E-state index contributed by atoms with van der Waals surface area (Å²) in [5.74, 6) is 2.79. The first-order valence-electron chi connectivity index (χ1n) is 6.50. The van der Waals surface area contributed by atoms with E-state index in [1.165, 1.54) is 53.2 Å². The Morgan fingerprint density at radius 1 is 1.06 bits per heavy atom. The van der Waals surface area contributed by atoms with Crippen LogP contribution < -0.4 is 0 Å². The number of aryl methyl sites for hydroxylation is 2. The maximum atomic E-state index is 5.54. The van der Waals surface area contributed by atoms with E-state index in [1.54, 1.807) is 0 Å². The minimum absolute atomic E-state index is 1.05. The van der Waals surface area contributed by atoms with E-state index >= 15 is 0 Å². The van der Waals surface area contributed by atoms with Gasteiger partial charge in [-0.2, -0.15) is 0 Å². The number of hydrogen-bond donors (Lipinski definition) is 0. The fourth-order valence-electron chi connectivity index (χ4n) is 1.97. The largest absolute Gasteiger partial charge is 0.115 e. The molecule has 0 aliphatic heterocycles. The van der Waals surface area contributed by atoms with Gasteiger partial charge in [-0.1, -0.05) is 32.6 Å².